The Labute approximate surface area is 122 Å². The van der Waals surface area contributed by atoms with E-state index in [-0.39, 0.29) is 17.3 Å². The normalized spacial score (nSPS) is 12.5. The van der Waals surface area contributed by atoms with Gasteiger partial charge in [-0.1, -0.05) is 0 Å². The summed E-state index contributed by atoms with van der Waals surface area (Å²) in [6, 6.07) is 5.87. The van der Waals surface area contributed by atoms with Crippen molar-refractivity contribution in [1.29, 1.82) is 0 Å². The lowest BCUT2D eigenvalue weighted by atomic mass is 10.2. The van der Waals surface area contributed by atoms with Gasteiger partial charge in [-0.15, -0.1) is 0 Å². The molecule has 0 saturated heterocycles. The van der Waals surface area contributed by atoms with Crippen LogP contribution in [0.3, 0.4) is 0 Å². The number of hydrogen-bond donors (Lipinski definition) is 1. The number of pyridine rings is 1. The van der Waals surface area contributed by atoms with Crippen molar-refractivity contribution in [2.24, 2.45) is 5.14 Å². The van der Waals surface area contributed by atoms with Crippen molar-refractivity contribution >= 4 is 30.8 Å². The Kier molecular flexibility index (Phi) is 4.17. The fourth-order valence-electron chi connectivity index (χ4n) is 1.79. The van der Waals surface area contributed by atoms with Gasteiger partial charge < -0.3 is 4.74 Å². The molecule has 0 saturated carbocycles. The Bertz CT molecular complexity index is 876. The Balaban J connectivity index is 2.44. The minimum atomic E-state index is -3.88. The molecule has 0 aliphatic carbocycles. The van der Waals surface area contributed by atoms with Gasteiger partial charge in [-0.25, -0.2) is 22.0 Å². The van der Waals surface area contributed by atoms with Crippen LogP contribution in [-0.2, 0) is 19.9 Å². The van der Waals surface area contributed by atoms with Crippen molar-refractivity contribution in [3.05, 3.63) is 30.5 Å². The molecule has 0 atom stereocenters. The molecule has 114 valence electrons. The van der Waals surface area contributed by atoms with E-state index in [4.69, 9.17) is 9.88 Å². The number of sulfonamides is 1. The van der Waals surface area contributed by atoms with Crippen LogP contribution in [-0.4, -0.2) is 40.4 Å². The van der Waals surface area contributed by atoms with E-state index < -0.39 is 19.9 Å². The summed E-state index contributed by atoms with van der Waals surface area (Å²) in [5, 5.41) is 5.48. The molecule has 0 aliphatic heterocycles. The molecular formula is C12H14N2O5S2. The number of fused-ring (bicyclic) bond motifs is 1. The van der Waals surface area contributed by atoms with E-state index in [2.05, 4.69) is 4.98 Å². The zero-order chi connectivity index (χ0) is 15.7. The predicted octanol–water partition coefficient (Wildman–Crippen LogP) is 0.306. The maximum absolute atomic E-state index is 11.5. The summed E-state index contributed by atoms with van der Waals surface area (Å²) in [6.07, 6.45) is 2.59. The van der Waals surface area contributed by atoms with E-state index >= 15 is 0 Å². The number of sulfone groups is 1. The zero-order valence-electron chi connectivity index (χ0n) is 11.2. The molecule has 0 amide bonds. The summed E-state index contributed by atoms with van der Waals surface area (Å²) in [7, 11) is -7.02. The lowest BCUT2D eigenvalue weighted by Crippen LogP contribution is -2.14. The lowest BCUT2D eigenvalue weighted by Gasteiger charge is -2.10. The molecule has 0 radical (unpaired) electrons. The number of primary sulfonamides is 1. The Hall–Kier alpha value is -1.71. The molecule has 1 aromatic carbocycles. The van der Waals surface area contributed by atoms with Gasteiger partial charge in [-0.3, -0.25) is 4.98 Å². The third kappa shape index (κ3) is 3.90. The van der Waals surface area contributed by atoms with Gasteiger partial charge >= 0.3 is 0 Å². The van der Waals surface area contributed by atoms with Crippen molar-refractivity contribution < 1.29 is 21.6 Å². The highest BCUT2D eigenvalue weighted by atomic mass is 32.2. The molecule has 1 heterocycles. The number of benzene rings is 1. The van der Waals surface area contributed by atoms with Gasteiger partial charge in [0.2, 0.25) is 10.0 Å². The van der Waals surface area contributed by atoms with Crippen LogP contribution < -0.4 is 9.88 Å². The average molecular weight is 330 g/mol. The minimum absolute atomic E-state index is 0.0424. The summed E-state index contributed by atoms with van der Waals surface area (Å²) in [5.74, 6) is 0.166. The van der Waals surface area contributed by atoms with Gasteiger partial charge in [0.05, 0.1) is 10.6 Å². The van der Waals surface area contributed by atoms with Gasteiger partial charge in [-0.2, -0.15) is 0 Å². The van der Waals surface area contributed by atoms with Crippen molar-refractivity contribution in [1.82, 2.24) is 4.98 Å². The molecule has 0 unspecified atom stereocenters. The summed E-state index contributed by atoms with van der Waals surface area (Å²) in [4.78, 5) is 4.02. The largest absolute Gasteiger partial charge is 0.490 e. The van der Waals surface area contributed by atoms with Crippen molar-refractivity contribution in [3.8, 4) is 5.75 Å². The molecule has 2 rings (SSSR count). The molecule has 9 heteroatoms. The van der Waals surface area contributed by atoms with Crippen LogP contribution in [0.1, 0.15) is 0 Å². The first-order valence-corrected chi connectivity index (χ1v) is 9.50. The highest BCUT2D eigenvalue weighted by Gasteiger charge is 2.16. The fraction of sp³-hybridized carbons (Fsp3) is 0.250. The highest BCUT2D eigenvalue weighted by Crippen LogP contribution is 2.28. The van der Waals surface area contributed by atoms with E-state index in [9.17, 15) is 16.8 Å². The maximum Gasteiger partial charge on any atom is 0.238 e. The third-order valence-electron chi connectivity index (χ3n) is 2.71. The first kappa shape index (κ1) is 15.7. The predicted molar refractivity (Wildman–Crippen MR) is 78.3 cm³/mol. The van der Waals surface area contributed by atoms with Crippen LogP contribution in [0.25, 0.3) is 10.9 Å². The number of aromatic nitrogens is 1. The Morgan fingerprint density at radius 1 is 1.19 bits per heavy atom. The Morgan fingerprint density at radius 3 is 2.52 bits per heavy atom. The van der Waals surface area contributed by atoms with E-state index in [1.54, 1.807) is 12.1 Å². The van der Waals surface area contributed by atoms with Crippen LogP contribution >= 0.6 is 0 Å². The molecule has 1 aromatic heterocycles. The van der Waals surface area contributed by atoms with Crippen LogP contribution in [0.5, 0.6) is 5.75 Å². The average Bonchev–Trinajstić information content (AvgIpc) is 2.36. The van der Waals surface area contributed by atoms with Crippen LogP contribution in [0, 0.1) is 0 Å². The summed E-state index contributed by atoms with van der Waals surface area (Å²) in [6.45, 7) is -0.0424. The molecule has 2 aromatic rings. The van der Waals surface area contributed by atoms with E-state index in [0.717, 1.165) is 6.26 Å². The SMILES string of the molecule is CS(=O)(=O)CCOc1ccc(S(N)(=O)=O)c2cccnc12. The molecule has 21 heavy (non-hydrogen) atoms. The van der Waals surface area contributed by atoms with E-state index in [0.29, 0.717) is 16.7 Å². The number of rotatable bonds is 5. The van der Waals surface area contributed by atoms with Gasteiger partial charge in [0.25, 0.3) is 0 Å². The molecule has 0 fully saturated rings. The number of hydrogen-bond acceptors (Lipinski definition) is 6. The molecule has 0 bridgehead atoms. The lowest BCUT2D eigenvalue weighted by molar-refractivity contribution is 0.344. The number of ether oxygens (including phenoxy) is 1. The van der Waals surface area contributed by atoms with Crippen molar-refractivity contribution in [3.63, 3.8) is 0 Å². The summed E-state index contributed by atoms with van der Waals surface area (Å²) >= 11 is 0. The van der Waals surface area contributed by atoms with Crippen LogP contribution in [0.15, 0.2) is 35.4 Å². The highest BCUT2D eigenvalue weighted by molar-refractivity contribution is 7.90. The third-order valence-corrected chi connectivity index (χ3v) is 4.59. The maximum atomic E-state index is 11.5. The molecule has 2 N–H and O–H groups in total. The van der Waals surface area contributed by atoms with Crippen LogP contribution in [0.2, 0.25) is 0 Å². The second kappa shape index (κ2) is 5.58. The molecule has 7 nitrogen and oxygen atoms in total. The van der Waals surface area contributed by atoms with Crippen molar-refractivity contribution in [2.75, 3.05) is 18.6 Å². The second-order valence-corrected chi connectivity index (χ2v) is 8.27. The number of nitrogens with two attached hydrogens (primary N) is 1. The Morgan fingerprint density at radius 2 is 1.90 bits per heavy atom. The molecular weight excluding hydrogens is 316 g/mol. The number of nitrogens with zero attached hydrogens (tertiary/aromatic N) is 1. The summed E-state index contributed by atoms with van der Waals surface area (Å²) < 4.78 is 50.6. The fourth-order valence-corrected chi connectivity index (χ4v) is 2.90. The topological polar surface area (TPSA) is 116 Å². The zero-order valence-corrected chi connectivity index (χ0v) is 12.8. The monoisotopic (exact) mass is 330 g/mol. The minimum Gasteiger partial charge on any atom is -0.490 e. The summed E-state index contributed by atoms with van der Waals surface area (Å²) in [5.41, 5.74) is 0.317. The van der Waals surface area contributed by atoms with Gasteiger partial charge in [0.1, 0.15) is 17.9 Å². The van der Waals surface area contributed by atoms with E-state index in [1.165, 1.54) is 18.3 Å². The van der Waals surface area contributed by atoms with Gasteiger partial charge in [0.15, 0.2) is 9.84 Å². The van der Waals surface area contributed by atoms with Gasteiger partial charge in [-0.05, 0) is 24.3 Å². The molecule has 0 spiro atoms. The molecule has 0 aliphatic rings. The van der Waals surface area contributed by atoms with Crippen molar-refractivity contribution in [2.45, 2.75) is 4.90 Å². The quantitative estimate of drug-likeness (QED) is 0.843. The van der Waals surface area contributed by atoms with E-state index in [1.807, 2.05) is 0 Å². The smallest absolute Gasteiger partial charge is 0.238 e. The van der Waals surface area contributed by atoms with Gasteiger partial charge in [0, 0.05) is 17.8 Å². The second-order valence-electron chi connectivity index (χ2n) is 4.48. The first-order chi connectivity index (χ1) is 9.68. The standard InChI is InChI=1S/C12H14N2O5S2/c1-20(15,16)8-7-19-10-4-5-11(21(13,17)18)9-3-2-6-14-12(9)10/h2-6H,7-8H2,1H3,(H2,13,17,18). The first-order valence-electron chi connectivity index (χ1n) is 5.89. The van der Waals surface area contributed by atoms with Crippen LogP contribution in [0.4, 0.5) is 0 Å².